The van der Waals surface area contributed by atoms with Gasteiger partial charge in [-0.1, -0.05) is 54.9 Å². The second kappa shape index (κ2) is 11.0. The first-order valence-electron chi connectivity index (χ1n) is 11.6. The molecule has 2 fully saturated rings. The van der Waals surface area contributed by atoms with E-state index in [4.69, 9.17) is 0 Å². The summed E-state index contributed by atoms with van der Waals surface area (Å²) in [5, 5.41) is 3.47. The molecule has 1 N–H and O–H groups in total. The van der Waals surface area contributed by atoms with Crippen LogP contribution in [0.5, 0.6) is 0 Å². The molecule has 0 bridgehead atoms. The van der Waals surface area contributed by atoms with Crippen molar-refractivity contribution in [3.63, 3.8) is 0 Å². The number of piperazine rings is 1. The van der Waals surface area contributed by atoms with E-state index in [-0.39, 0.29) is 22.1 Å². The molecule has 2 aliphatic rings. The molecule has 2 aromatic rings. The zero-order valence-corrected chi connectivity index (χ0v) is 20.7. The molecule has 33 heavy (non-hydrogen) atoms. The van der Waals surface area contributed by atoms with Crippen LogP contribution in [0.15, 0.2) is 58.6 Å². The summed E-state index contributed by atoms with van der Waals surface area (Å²) in [7, 11) is -3.58. The van der Waals surface area contributed by atoms with Crippen LogP contribution in [0, 0.1) is 0 Å². The summed E-state index contributed by atoms with van der Waals surface area (Å²) in [5.74, 6) is 0.0128. The fraction of sp³-hybridized carbons (Fsp3) is 0.500. The maximum Gasteiger partial charge on any atom is 0.244 e. The molecule has 1 atom stereocenters. The van der Waals surface area contributed by atoms with Crippen LogP contribution in [0.25, 0.3) is 0 Å². The molecule has 7 nitrogen and oxygen atoms in total. The van der Waals surface area contributed by atoms with E-state index in [0.29, 0.717) is 31.2 Å². The van der Waals surface area contributed by atoms with Crippen molar-refractivity contribution in [2.24, 2.45) is 0 Å². The van der Waals surface area contributed by atoms with Gasteiger partial charge in [0.15, 0.2) is 0 Å². The number of amides is 1. The van der Waals surface area contributed by atoms with Crippen LogP contribution in [-0.4, -0.2) is 66.0 Å². The number of nitrogens with one attached hydrogen (secondary N) is 1. The lowest BCUT2D eigenvalue weighted by Gasteiger charge is -2.33. The Bertz CT molecular complexity index is 1020. The molecule has 2 heterocycles. The van der Waals surface area contributed by atoms with E-state index >= 15 is 0 Å². The average Bonchev–Trinajstić information content (AvgIpc) is 3.33. The van der Waals surface area contributed by atoms with Gasteiger partial charge >= 0.3 is 0 Å². The molecule has 1 unspecified atom stereocenters. The lowest BCUT2D eigenvalue weighted by Crippen LogP contribution is -2.48. The third-order valence-electron chi connectivity index (χ3n) is 6.30. The number of sulfonamides is 1. The molecule has 1 aliphatic heterocycles. The minimum Gasteiger partial charge on any atom is -0.352 e. The fourth-order valence-electron chi connectivity index (χ4n) is 4.33. The highest BCUT2D eigenvalue weighted by Gasteiger charge is 2.29. The predicted octanol–water partition coefficient (Wildman–Crippen LogP) is 3.13. The molecular weight excluding hydrogens is 456 g/mol. The van der Waals surface area contributed by atoms with Crippen molar-refractivity contribution in [1.29, 1.82) is 0 Å². The summed E-state index contributed by atoms with van der Waals surface area (Å²) in [6.45, 7) is 5.01. The number of carbonyl (C=O) groups is 1. The van der Waals surface area contributed by atoms with Crippen LogP contribution >= 0.6 is 11.8 Å². The topological polar surface area (TPSA) is 82.6 Å². The van der Waals surface area contributed by atoms with Crippen LogP contribution in [0.1, 0.15) is 38.2 Å². The Morgan fingerprint density at radius 3 is 2.42 bits per heavy atom. The van der Waals surface area contributed by atoms with Gasteiger partial charge in [-0.2, -0.15) is 4.31 Å². The molecule has 0 radical (unpaired) electrons. The highest BCUT2D eigenvalue weighted by atomic mass is 32.2. The van der Waals surface area contributed by atoms with Crippen molar-refractivity contribution in [2.45, 2.75) is 60.4 Å². The van der Waals surface area contributed by atoms with Crippen LogP contribution < -0.4 is 5.32 Å². The van der Waals surface area contributed by atoms with Crippen LogP contribution in [-0.2, 0) is 21.4 Å². The van der Waals surface area contributed by atoms with Crippen LogP contribution in [0.4, 0.5) is 0 Å². The molecule has 1 aliphatic carbocycles. The third-order valence-corrected chi connectivity index (χ3v) is 9.23. The zero-order valence-electron chi connectivity index (χ0n) is 19.0. The normalized spacial score (nSPS) is 19.4. The van der Waals surface area contributed by atoms with E-state index in [2.05, 4.69) is 27.3 Å². The van der Waals surface area contributed by atoms with Gasteiger partial charge in [-0.25, -0.2) is 13.4 Å². The number of pyridine rings is 1. The first-order valence-corrected chi connectivity index (χ1v) is 13.9. The number of benzene rings is 1. The summed E-state index contributed by atoms with van der Waals surface area (Å²) in [4.78, 5) is 19.2. The molecule has 9 heteroatoms. The Labute approximate surface area is 201 Å². The van der Waals surface area contributed by atoms with Crippen molar-refractivity contribution in [1.82, 2.24) is 19.5 Å². The maximum absolute atomic E-state index is 13.1. The van der Waals surface area contributed by atoms with Gasteiger partial charge < -0.3 is 5.32 Å². The minimum absolute atomic E-state index is 0.0128. The van der Waals surface area contributed by atoms with Gasteiger partial charge in [-0.15, -0.1) is 0 Å². The number of carbonyl (C=O) groups excluding carboxylic acids is 1. The smallest absolute Gasteiger partial charge is 0.244 e. The lowest BCUT2D eigenvalue weighted by molar-refractivity contribution is -0.120. The SMILES string of the molecule is CC(Sc1ccc(S(=O)(=O)N2CCN(Cc3ccccc3)CC2)cn1)C(=O)NC1CCCC1. The predicted molar refractivity (Wildman–Crippen MR) is 130 cm³/mol. The van der Waals surface area contributed by atoms with E-state index in [9.17, 15) is 13.2 Å². The van der Waals surface area contributed by atoms with Crippen LogP contribution in [0.3, 0.4) is 0 Å². The van der Waals surface area contributed by atoms with Crippen molar-refractivity contribution in [2.75, 3.05) is 26.2 Å². The molecule has 1 amide bonds. The van der Waals surface area contributed by atoms with E-state index in [0.717, 1.165) is 19.4 Å². The highest BCUT2D eigenvalue weighted by Crippen LogP contribution is 2.25. The Hall–Kier alpha value is -1.94. The van der Waals surface area contributed by atoms with Crippen molar-refractivity contribution in [3.05, 3.63) is 54.2 Å². The van der Waals surface area contributed by atoms with Gasteiger partial charge in [-0.3, -0.25) is 9.69 Å². The maximum atomic E-state index is 13.1. The standard InChI is InChI=1S/C24H32N4O3S2/c1-19(24(29)26-21-9-5-6-10-21)32-23-12-11-22(17-25-23)33(30,31)28-15-13-27(14-16-28)18-20-7-3-2-4-8-20/h2-4,7-8,11-12,17,19,21H,5-6,9-10,13-16,18H2,1H3,(H,26,29). The highest BCUT2D eigenvalue weighted by molar-refractivity contribution is 8.00. The quantitative estimate of drug-likeness (QED) is 0.575. The van der Waals surface area contributed by atoms with E-state index in [1.807, 2.05) is 25.1 Å². The summed E-state index contributed by atoms with van der Waals surface area (Å²) < 4.78 is 27.7. The number of hydrogen-bond donors (Lipinski definition) is 1. The first-order chi connectivity index (χ1) is 15.9. The molecule has 1 aromatic heterocycles. The summed E-state index contributed by atoms with van der Waals surface area (Å²) in [6.07, 6.45) is 5.86. The number of hydrogen-bond acceptors (Lipinski definition) is 6. The Balaban J connectivity index is 1.30. The molecule has 178 valence electrons. The average molecular weight is 489 g/mol. The molecule has 1 saturated heterocycles. The van der Waals surface area contributed by atoms with E-state index in [1.54, 1.807) is 12.1 Å². The summed E-state index contributed by atoms with van der Waals surface area (Å²) in [6, 6.07) is 13.8. The second-order valence-electron chi connectivity index (χ2n) is 8.75. The van der Waals surface area contributed by atoms with E-state index in [1.165, 1.54) is 40.7 Å². The first kappa shape index (κ1) is 24.2. The van der Waals surface area contributed by atoms with Gasteiger partial charge in [0, 0.05) is 45.0 Å². The van der Waals surface area contributed by atoms with Gasteiger partial charge in [-0.05, 0) is 37.5 Å². The van der Waals surface area contributed by atoms with Gasteiger partial charge in [0.05, 0.1) is 10.3 Å². The second-order valence-corrected chi connectivity index (χ2v) is 12.0. The molecule has 1 saturated carbocycles. The lowest BCUT2D eigenvalue weighted by atomic mass is 10.2. The van der Waals surface area contributed by atoms with Crippen LogP contribution in [0.2, 0.25) is 0 Å². The molecule has 0 spiro atoms. The number of aromatic nitrogens is 1. The van der Waals surface area contributed by atoms with Crippen molar-refractivity contribution >= 4 is 27.7 Å². The third kappa shape index (κ3) is 6.35. The van der Waals surface area contributed by atoms with Gasteiger partial charge in [0.25, 0.3) is 0 Å². The Kier molecular flexibility index (Phi) is 8.06. The zero-order chi connectivity index (χ0) is 23.3. The van der Waals surface area contributed by atoms with E-state index < -0.39 is 10.0 Å². The molecule has 1 aromatic carbocycles. The fourth-order valence-corrected chi connectivity index (χ4v) is 6.50. The van der Waals surface area contributed by atoms with Gasteiger partial charge in [0.2, 0.25) is 15.9 Å². The summed E-state index contributed by atoms with van der Waals surface area (Å²) >= 11 is 1.35. The molecular formula is C24H32N4O3S2. The monoisotopic (exact) mass is 488 g/mol. The Morgan fingerprint density at radius 2 is 1.79 bits per heavy atom. The number of thioether (sulfide) groups is 1. The van der Waals surface area contributed by atoms with Gasteiger partial charge in [0.1, 0.15) is 4.90 Å². The number of nitrogens with zero attached hydrogens (tertiary/aromatic N) is 3. The Morgan fingerprint density at radius 1 is 1.09 bits per heavy atom. The number of rotatable bonds is 8. The van der Waals surface area contributed by atoms with Crippen molar-refractivity contribution < 1.29 is 13.2 Å². The minimum atomic E-state index is -3.58. The molecule has 4 rings (SSSR count). The summed E-state index contributed by atoms with van der Waals surface area (Å²) in [5.41, 5.74) is 1.23. The van der Waals surface area contributed by atoms with Crippen molar-refractivity contribution in [3.8, 4) is 0 Å². The largest absolute Gasteiger partial charge is 0.352 e.